The van der Waals surface area contributed by atoms with Crippen LogP contribution in [0.25, 0.3) is 0 Å². The minimum atomic E-state index is -0.136. The second-order valence-electron chi connectivity index (χ2n) is 8.47. The fourth-order valence-corrected chi connectivity index (χ4v) is 4.69. The Balaban J connectivity index is 1.51. The molecule has 2 amide bonds. The fraction of sp³-hybridized carbons (Fsp3) is 0.391. The molecule has 6 heteroatoms. The van der Waals surface area contributed by atoms with Crippen molar-refractivity contribution in [2.45, 2.75) is 25.4 Å². The van der Waals surface area contributed by atoms with Crippen molar-refractivity contribution in [1.29, 1.82) is 0 Å². The van der Waals surface area contributed by atoms with Crippen LogP contribution in [0.2, 0.25) is 5.02 Å². The van der Waals surface area contributed by atoms with Gasteiger partial charge in [0.2, 0.25) is 0 Å². The van der Waals surface area contributed by atoms with Gasteiger partial charge in [-0.2, -0.15) is 0 Å². The van der Waals surface area contributed by atoms with Gasteiger partial charge < -0.3 is 9.80 Å². The normalized spacial score (nSPS) is 21.6. The number of carbonyl (C=O) groups is 2. The molecule has 2 aliphatic heterocycles. The summed E-state index contributed by atoms with van der Waals surface area (Å²) >= 11 is 5.95. The van der Waals surface area contributed by atoms with Crippen LogP contribution in [0.5, 0.6) is 0 Å². The van der Waals surface area contributed by atoms with Crippen molar-refractivity contribution in [1.82, 2.24) is 14.7 Å². The third kappa shape index (κ3) is 4.02. The summed E-state index contributed by atoms with van der Waals surface area (Å²) in [6.07, 6.45) is 0. The van der Waals surface area contributed by atoms with Crippen LogP contribution in [0.4, 0.5) is 0 Å². The molecule has 1 atom stereocenters. The summed E-state index contributed by atoms with van der Waals surface area (Å²) in [6, 6.07) is 16.6. The lowest BCUT2D eigenvalue weighted by atomic mass is 9.92. The maximum Gasteiger partial charge on any atom is 0.253 e. The molecule has 29 heavy (non-hydrogen) atoms. The highest BCUT2D eigenvalue weighted by Crippen LogP contribution is 2.29. The molecule has 0 spiro atoms. The highest BCUT2D eigenvalue weighted by atomic mass is 35.5. The largest absolute Gasteiger partial charge is 0.336 e. The van der Waals surface area contributed by atoms with Crippen molar-refractivity contribution in [2.24, 2.45) is 0 Å². The summed E-state index contributed by atoms with van der Waals surface area (Å²) in [5.74, 6) is 0.0742. The predicted molar refractivity (Wildman–Crippen MR) is 114 cm³/mol. The Bertz CT molecular complexity index is 898. The van der Waals surface area contributed by atoms with Crippen molar-refractivity contribution >= 4 is 23.4 Å². The van der Waals surface area contributed by atoms with Gasteiger partial charge in [-0.05, 0) is 50.2 Å². The van der Waals surface area contributed by atoms with E-state index < -0.39 is 0 Å². The number of fused-ring (bicyclic) bond motifs is 1. The number of nitrogens with zero attached hydrogens (tertiary/aromatic N) is 3. The summed E-state index contributed by atoms with van der Waals surface area (Å²) in [7, 11) is 0. The highest BCUT2D eigenvalue weighted by molar-refractivity contribution is 6.30. The molecular formula is C23H26ClN3O2. The van der Waals surface area contributed by atoms with Crippen LogP contribution in [-0.2, 0) is 0 Å². The lowest BCUT2D eigenvalue weighted by molar-refractivity contribution is -0.0507. The Morgan fingerprint density at radius 2 is 1.45 bits per heavy atom. The molecule has 2 saturated heterocycles. The van der Waals surface area contributed by atoms with Crippen LogP contribution in [0.3, 0.4) is 0 Å². The second-order valence-corrected chi connectivity index (χ2v) is 8.91. The number of carbonyl (C=O) groups excluding carboxylic acids is 2. The quantitative estimate of drug-likeness (QED) is 0.760. The first-order valence-corrected chi connectivity index (χ1v) is 10.4. The molecule has 2 aliphatic rings. The van der Waals surface area contributed by atoms with E-state index in [1.165, 1.54) is 0 Å². The predicted octanol–water partition coefficient (Wildman–Crippen LogP) is 3.40. The molecular weight excluding hydrogens is 386 g/mol. The van der Waals surface area contributed by atoms with Gasteiger partial charge in [-0.1, -0.05) is 29.8 Å². The third-order valence-electron chi connectivity index (χ3n) is 5.96. The summed E-state index contributed by atoms with van der Waals surface area (Å²) in [5, 5.41) is 0.621. The first-order chi connectivity index (χ1) is 13.8. The van der Waals surface area contributed by atoms with E-state index in [-0.39, 0.29) is 23.4 Å². The van der Waals surface area contributed by atoms with Gasteiger partial charge in [-0.15, -0.1) is 0 Å². The van der Waals surface area contributed by atoms with Crippen molar-refractivity contribution in [3.63, 3.8) is 0 Å². The van der Waals surface area contributed by atoms with Crippen molar-refractivity contribution in [3.05, 3.63) is 70.7 Å². The zero-order chi connectivity index (χ0) is 20.6. The Hall–Kier alpha value is -2.37. The Labute approximate surface area is 176 Å². The van der Waals surface area contributed by atoms with Crippen LogP contribution >= 0.6 is 11.6 Å². The SMILES string of the molecule is CC1(C)CN(C(=O)c2ccccc2)C[C@@H]2CN(C(=O)c3ccc(Cl)cc3)CCN21. The van der Waals surface area contributed by atoms with E-state index >= 15 is 0 Å². The molecule has 2 aromatic carbocycles. The van der Waals surface area contributed by atoms with E-state index in [4.69, 9.17) is 11.6 Å². The lowest BCUT2D eigenvalue weighted by Crippen LogP contribution is -2.70. The molecule has 152 valence electrons. The summed E-state index contributed by atoms with van der Waals surface area (Å²) in [5.41, 5.74) is 1.22. The van der Waals surface area contributed by atoms with E-state index in [0.717, 1.165) is 6.54 Å². The minimum absolute atomic E-state index is 0.0191. The van der Waals surface area contributed by atoms with Crippen LogP contribution in [0, 0.1) is 0 Å². The number of amides is 2. The molecule has 0 saturated carbocycles. The molecule has 2 fully saturated rings. The second kappa shape index (κ2) is 7.81. The molecule has 2 aromatic rings. The third-order valence-corrected chi connectivity index (χ3v) is 6.21. The van der Waals surface area contributed by atoms with Gasteiger partial charge in [0, 0.05) is 60.5 Å². The number of hydrogen-bond donors (Lipinski definition) is 0. The van der Waals surface area contributed by atoms with Crippen molar-refractivity contribution in [2.75, 3.05) is 32.7 Å². The molecule has 0 radical (unpaired) electrons. The van der Waals surface area contributed by atoms with E-state index in [1.54, 1.807) is 24.3 Å². The number of benzene rings is 2. The van der Waals surface area contributed by atoms with Crippen molar-refractivity contribution in [3.8, 4) is 0 Å². The Kier molecular flexibility index (Phi) is 5.36. The van der Waals surface area contributed by atoms with Crippen molar-refractivity contribution < 1.29 is 9.59 Å². The zero-order valence-corrected chi connectivity index (χ0v) is 17.6. The molecule has 0 aromatic heterocycles. The first-order valence-electron chi connectivity index (χ1n) is 10.0. The van der Waals surface area contributed by atoms with Gasteiger partial charge >= 0.3 is 0 Å². The maximum atomic E-state index is 13.0. The number of hydrogen-bond acceptors (Lipinski definition) is 3. The highest BCUT2D eigenvalue weighted by Gasteiger charge is 2.44. The van der Waals surface area contributed by atoms with Gasteiger partial charge in [0.05, 0.1) is 0 Å². The smallest absolute Gasteiger partial charge is 0.253 e. The molecule has 0 N–H and O–H groups in total. The maximum absolute atomic E-state index is 13.0. The van der Waals surface area contributed by atoms with E-state index in [1.807, 2.05) is 40.1 Å². The fourth-order valence-electron chi connectivity index (χ4n) is 4.56. The monoisotopic (exact) mass is 411 g/mol. The van der Waals surface area contributed by atoms with Gasteiger partial charge in [0.25, 0.3) is 11.8 Å². The van der Waals surface area contributed by atoms with Gasteiger partial charge in [0.15, 0.2) is 0 Å². The molecule has 0 unspecified atom stereocenters. The average molecular weight is 412 g/mol. The minimum Gasteiger partial charge on any atom is -0.336 e. The zero-order valence-electron chi connectivity index (χ0n) is 16.8. The molecule has 2 heterocycles. The van der Waals surface area contributed by atoms with Crippen LogP contribution < -0.4 is 0 Å². The lowest BCUT2D eigenvalue weighted by Gasteiger charge is -2.55. The van der Waals surface area contributed by atoms with Gasteiger partial charge in [0.1, 0.15) is 0 Å². The van der Waals surface area contributed by atoms with Crippen LogP contribution in [0.15, 0.2) is 54.6 Å². The summed E-state index contributed by atoms with van der Waals surface area (Å²) in [6.45, 7) is 7.79. The van der Waals surface area contributed by atoms with Gasteiger partial charge in [-0.3, -0.25) is 14.5 Å². The summed E-state index contributed by atoms with van der Waals surface area (Å²) in [4.78, 5) is 32.3. The molecule has 0 bridgehead atoms. The van der Waals surface area contributed by atoms with E-state index in [2.05, 4.69) is 18.7 Å². The van der Waals surface area contributed by atoms with Gasteiger partial charge in [-0.25, -0.2) is 0 Å². The van der Waals surface area contributed by atoms with E-state index in [9.17, 15) is 9.59 Å². The Morgan fingerprint density at radius 1 is 0.862 bits per heavy atom. The molecule has 4 rings (SSSR count). The molecule has 0 aliphatic carbocycles. The van der Waals surface area contributed by atoms with Crippen LogP contribution in [-0.4, -0.2) is 70.8 Å². The average Bonchev–Trinajstić information content (AvgIpc) is 2.73. The number of piperazine rings is 2. The topological polar surface area (TPSA) is 43.9 Å². The van der Waals surface area contributed by atoms with E-state index in [0.29, 0.717) is 42.3 Å². The summed E-state index contributed by atoms with van der Waals surface area (Å²) < 4.78 is 0. The molecule has 5 nitrogen and oxygen atoms in total. The first kappa shape index (κ1) is 19.9. The number of rotatable bonds is 2. The van der Waals surface area contributed by atoms with Crippen LogP contribution in [0.1, 0.15) is 34.6 Å². The standard InChI is InChI=1S/C23H26ClN3O2/c1-23(2)16-26(22(29)17-6-4-3-5-7-17)15-20-14-25(12-13-27(20)23)21(28)18-8-10-19(24)11-9-18/h3-11,20H,12-16H2,1-2H3/t20-/m0/s1. The Morgan fingerprint density at radius 3 is 2.14 bits per heavy atom. The number of halogens is 1.